The Kier molecular flexibility index (Phi) is 7.85. The van der Waals surface area contributed by atoms with Crippen LogP contribution in [0.15, 0.2) is 23.0 Å². The summed E-state index contributed by atoms with van der Waals surface area (Å²) < 4.78 is 2.15. The van der Waals surface area contributed by atoms with Gasteiger partial charge in [0.1, 0.15) is 0 Å². The number of pyridine rings is 1. The number of nitrogens with one attached hydrogen (secondary N) is 1. The molecular formula is C29H42N6O. The summed E-state index contributed by atoms with van der Waals surface area (Å²) in [7, 11) is 0. The van der Waals surface area contributed by atoms with Crippen molar-refractivity contribution in [3.8, 4) is 0 Å². The molecule has 0 amide bonds. The lowest BCUT2D eigenvalue weighted by Gasteiger charge is -2.40. The largest absolute Gasteiger partial charge is 0.321 e. The lowest BCUT2D eigenvalue weighted by Crippen LogP contribution is -2.41. The third-order valence-corrected chi connectivity index (χ3v) is 8.47. The first-order chi connectivity index (χ1) is 17.5. The fraction of sp³-hybridized carbons (Fsp3) is 0.655. The maximum atomic E-state index is 13.3. The highest BCUT2D eigenvalue weighted by atomic mass is 16.1. The third-order valence-electron chi connectivity index (χ3n) is 8.47. The van der Waals surface area contributed by atoms with E-state index in [1.807, 2.05) is 0 Å². The van der Waals surface area contributed by atoms with Crippen LogP contribution in [0.1, 0.15) is 119 Å². The molecule has 2 aromatic heterocycles. The average Bonchev–Trinajstić information content (AvgIpc) is 3.38. The lowest BCUT2D eigenvalue weighted by molar-refractivity contribution is 0.0789. The average molecular weight is 491 g/mol. The zero-order valence-corrected chi connectivity index (χ0v) is 22.3. The molecule has 5 rings (SSSR count). The van der Waals surface area contributed by atoms with Crippen molar-refractivity contribution < 1.29 is 0 Å². The minimum Gasteiger partial charge on any atom is -0.321 e. The Bertz CT molecular complexity index is 1220. The van der Waals surface area contributed by atoms with Crippen LogP contribution in [-0.4, -0.2) is 36.1 Å². The van der Waals surface area contributed by atoms with Crippen molar-refractivity contribution in [3.05, 3.63) is 51.1 Å². The van der Waals surface area contributed by atoms with Gasteiger partial charge < -0.3 is 4.98 Å². The summed E-state index contributed by atoms with van der Waals surface area (Å²) in [6.07, 6.45) is 14.3. The molecule has 1 atom stereocenters. The molecule has 1 N–H and O–H groups in total. The maximum absolute atomic E-state index is 13.3. The molecule has 0 unspecified atom stereocenters. The molecule has 2 saturated carbocycles. The van der Waals surface area contributed by atoms with E-state index in [0.29, 0.717) is 18.6 Å². The number of aromatic nitrogens is 5. The summed E-state index contributed by atoms with van der Waals surface area (Å²) in [5, 5.41) is 14.5. The lowest BCUT2D eigenvalue weighted by atomic mass is 9.91. The first-order valence-electron chi connectivity index (χ1n) is 14.2. The Morgan fingerprint density at radius 1 is 1.03 bits per heavy atom. The number of aromatic amines is 1. The van der Waals surface area contributed by atoms with Crippen molar-refractivity contribution in [1.29, 1.82) is 0 Å². The van der Waals surface area contributed by atoms with Crippen molar-refractivity contribution in [3.63, 3.8) is 0 Å². The smallest absolute Gasteiger partial charge is 0.252 e. The summed E-state index contributed by atoms with van der Waals surface area (Å²) in [5.41, 5.74) is 4.16. The van der Waals surface area contributed by atoms with Gasteiger partial charge in [-0.25, -0.2) is 4.68 Å². The molecule has 36 heavy (non-hydrogen) atoms. The van der Waals surface area contributed by atoms with E-state index in [0.717, 1.165) is 53.5 Å². The first-order valence-corrected chi connectivity index (χ1v) is 14.2. The highest BCUT2D eigenvalue weighted by molar-refractivity contribution is 5.82. The van der Waals surface area contributed by atoms with Crippen LogP contribution in [0.2, 0.25) is 0 Å². The van der Waals surface area contributed by atoms with Gasteiger partial charge in [0.15, 0.2) is 5.82 Å². The van der Waals surface area contributed by atoms with Gasteiger partial charge in [0.2, 0.25) is 0 Å². The first kappa shape index (κ1) is 25.1. The van der Waals surface area contributed by atoms with Crippen LogP contribution >= 0.6 is 0 Å². The number of tetrazole rings is 1. The van der Waals surface area contributed by atoms with Crippen LogP contribution < -0.4 is 5.56 Å². The number of hydrogen-bond donors (Lipinski definition) is 1. The van der Waals surface area contributed by atoms with Crippen LogP contribution in [-0.2, 0) is 6.54 Å². The molecule has 2 aliphatic carbocycles. The fourth-order valence-electron chi connectivity index (χ4n) is 6.67. The zero-order valence-electron chi connectivity index (χ0n) is 22.3. The van der Waals surface area contributed by atoms with E-state index in [4.69, 9.17) is 0 Å². The number of rotatable bonds is 8. The van der Waals surface area contributed by atoms with E-state index in [2.05, 4.69) is 69.1 Å². The Morgan fingerprint density at radius 3 is 2.47 bits per heavy atom. The van der Waals surface area contributed by atoms with Crippen LogP contribution in [0, 0.1) is 13.8 Å². The van der Waals surface area contributed by atoms with Crippen molar-refractivity contribution in [1.82, 2.24) is 30.1 Å². The van der Waals surface area contributed by atoms with E-state index in [1.165, 1.54) is 56.9 Å². The molecule has 7 nitrogen and oxygen atoms in total. The molecule has 3 aromatic rings. The van der Waals surface area contributed by atoms with Crippen LogP contribution in [0.5, 0.6) is 0 Å². The Morgan fingerprint density at radius 2 is 1.75 bits per heavy atom. The second-order valence-electron chi connectivity index (χ2n) is 11.2. The molecule has 0 saturated heterocycles. The van der Waals surface area contributed by atoms with Gasteiger partial charge in [-0.3, -0.25) is 9.69 Å². The number of fused-ring (bicyclic) bond motifs is 1. The molecule has 7 heteroatoms. The number of aryl methyl sites for hydroxylation is 2. The fourth-order valence-corrected chi connectivity index (χ4v) is 6.67. The molecule has 2 aliphatic rings. The molecule has 0 radical (unpaired) electrons. The van der Waals surface area contributed by atoms with Gasteiger partial charge in [0, 0.05) is 18.2 Å². The predicted molar refractivity (Wildman–Crippen MR) is 144 cm³/mol. The number of nitrogens with zero attached hydrogens (tertiary/aromatic N) is 5. The van der Waals surface area contributed by atoms with E-state index < -0.39 is 0 Å². The molecule has 0 bridgehead atoms. The SMILES string of the molecule is CCC[C@H](c1nnnn1C1CCCCC1)N(Cc1cc2cc(C)cc(C)c2[nH]c1=O)C1CCCCC1. The second-order valence-corrected chi connectivity index (χ2v) is 11.2. The highest BCUT2D eigenvalue weighted by Crippen LogP contribution is 2.36. The second kappa shape index (κ2) is 11.2. The van der Waals surface area contributed by atoms with Gasteiger partial charge in [-0.15, -0.1) is 5.10 Å². The topological polar surface area (TPSA) is 79.7 Å². The standard InChI is InChI=1S/C29H42N6O/c1-4-11-26(28-31-32-33-35(28)25-14-9-6-10-15-25)34(24-12-7-5-8-13-24)19-23-18-22-17-20(2)16-21(3)27(22)30-29(23)36/h16-18,24-26H,4-15,19H2,1-3H3,(H,30,36)/t26-/m1/s1. The van der Waals surface area contributed by atoms with Gasteiger partial charge in [-0.2, -0.15) is 0 Å². The molecule has 2 fully saturated rings. The minimum atomic E-state index is 0.0254. The minimum absolute atomic E-state index is 0.0254. The van der Waals surface area contributed by atoms with Crippen LogP contribution in [0.3, 0.4) is 0 Å². The summed E-state index contributed by atoms with van der Waals surface area (Å²) in [5.74, 6) is 0.998. The highest BCUT2D eigenvalue weighted by Gasteiger charge is 2.34. The zero-order chi connectivity index (χ0) is 25.1. The number of H-pyrrole nitrogens is 1. The molecule has 194 valence electrons. The van der Waals surface area contributed by atoms with E-state index in [9.17, 15) is 4.79 Å². The summed E-state index contributed by atoms with van der Waals surface area (Å²) in [6, 6.07) is 7.39. The number of benzene rings is 1. The third kappa shape index (κ3) is 5.26. The van der Waals surface area contributed by atoms with Gasteiger partial charge in [0.05, 0.1) is 17.6 Å². The molecule has 0 spiro atoms. The molecular weight excluding hydrogens is 448 g/mol. The summed E-state index contributed by atoms with van der Waals surface area (Å²) in [6.45, 7) is 7.07. The quantitative estimate of drug-likeness (QED) is 0.400. The van der Waals surface area contributed by atoms with Gasteiger partial charge in [0.25, 0.3) is 5.56 Å². The van der Waals surface area contributed by atoms with E-state index in [-0.39, 0.29) is 11.6 Å². The van der Waals surface area contributed by atoms with Crippen molar-refractivity contribution >= 4 is 10.9 Å². The van der Waals surface area contributed by atoms with Gasteiger partial charge in [-0.1, -0.05) is 63.5 Å². The summed E-state index contributed by atoms with van der Waals surface area (Å²) >= 11 is 0. The molecule has 2 heterocycles. The Balaban J connectivity index is 1.54. The maximum Gasteiger partial charge on any atom is 0.252 e. The number of hydrogen-bond acceptors (Lipinski definition) is 5. The van der Waals surface area contributed by atoms with Crippen molar-refractivity contribution in [2.75, 3.05) is 0 Å². The predicted octanol–water partition coefficient (Wildman–Crippen LogP) is 6.31. The van der Waals surface area contributed by atoms with E-state index >= 15 is 0 Å². The Labute approximate surface area is 214 Å². The van der Waals surface area contributed by atoms with Gasteiger partial charge in [-0.05, 0) is 79.5 Å². The Hall–Kier alpha value is -2.54. The van der Waals surface area contributed by atoms with Gasteiger partial charge >= 0.3 is 0 Å². The molecule has 0 aliphatic heterocycles. The monoisotopic (exact) mass is 490 g/mol. The van der Waals surface area contributed by atoms with E-state index in [1.54, 1.807) is 0 Å². The normalized spacial score (nSPS) is 18.8. The van der Waals surface area contributed by atoms with Crippen LogP contribution in [0.25, 0.3) is 10.9 Å². The molecule has 1 aromatic carbocycles. The van der Waals surface area contributed by atoms with Crippen molar-refractivity contribution in [2.45, 2.75) is 122 Å². The summed E-state index contributed by atoms with van der Waals surface area (Å²) in [4.78, 5) is 19.1. The van der Waals surface area contributed by atoms with Crippen molar-refractivity contribution in [2.24, 2.45) is 0 Å². The van der Waals surface area contributed by atoms with Crippen LogP contribution in [0.4, 0.5) is 0 Å².